The molecule has 0 radical (unpaired) electrons. The Kier molecular flexibility index (Phi) is 3.54. The molecule has 1 aromatic rings. The van der Waals surface area contributed by atoms with Gasteiger partial charge in [0.25, 0.3) is 0 Å². The maximum Gasteiger partial charge on any atom is 0.124 e. The van der Waals surface area contributed by atoms with E-state index in [-0.39, 0.29) is 23.6 Å². The third-order valence-corrected chi connectivity index (χ3v) is 3.54. The molecule has 2 atom stereocenters. The number of hydrogen-bond donors (Lipinski definition) is 2. The summed E-state index contributed by atoms with van der Waals surface area (Å²) in [6, 6.07) is 4.85. The van der Waals surface area contributed by atoms with Crippen LogP contribution in [0.3, 0.4) is 0 Å². The Bertz CT molecular complexity index is 374. The molecule has 1 aliphatic rings. The zero-order chi connectivity index (χ0) is 12.4. The Labute approximate surface area is 101 Å². The van der Waals surface area contributed by atoms with Crippen LogP contribution >= 0.6 is 0 Å². The molecule has 1 aliphatic heterocycles. The highest BCUT2D eigenvalue weighted by atomic mass is 16.5. The Morgan fingerprint density at radius 1 is 1.35 bits per heavy atom. The van der Waals surface area contributed by atoms with E-state index in [1.165, 1.54) is 0 Å². The van der Waals surface area contributed by atoms with Gasteiger partial charge in [0.2, 0.25) is 0 Å². The van der Waals surface area contributed by atoms with Gasteiger partial charge in [-0.1, -0.05) is 6.07 Å². The Morgan fingerprint density at radius 2 is 2.00 bits per heavy atom. The van der Waals surface area contributed by atoms with E-state index < -0.39 is 0 Å². The highest BCUT2D eigenvalue weighted by Gasteiger charge is 2.29. The van der Waals surface area contributed by atoms with Crippen molar-refractivity contribution in [3.8, 4) is 11.5 Å². The second kappa shape index (κ2) is 4.94. The van der Waals surface area contributed by atoms with Gasteiger partial charge >= 0.3 is 0 Å². The lowest BCUT2D eigenvalue weighted by Crippen LogP contribution is -2.26. The van der Waals surface area contributed by atoms with Crippen LogP contribution in [-0.4, -0.2) is 41.4 Å². The lowest BCUT2D eigenvalue weighted by molar-refractivity contribution is 0.102. The van der Waals surface area contributed by atoms with E-state index >= 15 is 0 Å². The number of benzene rings is 1. The standard InChI is InChI=1S/C13H19NO3/c1-9(14-7-6-10(8-14)17-2)13-11(15)4-3-5-12(13)16/h3-5,9-10,15-16H,6-8H2,1-2H3. The van der Waals surface area contributed by atoms with Gasteiger partial charge in [-0.15, -0.1) is 0 Å². The molecule has 0 amide bonds. The van der Waals surface area contributed by atoms with Crippen molar-refractivity contribution in [2.24, 2.45) is 0 Å². The van der Waals surface area contributed by atoms with Crippen LogP contribution in [0.5, 0.6) is 11.5 Å². The van der Waals surface area contributed by atoms with Gasteiger partial charge in [0, 0.05) is 26.2 Å². The van der Waals surface area contributed by atoms with Gasteiger partial charge in [0.05, 0.1) is 11.7 Å². The third-order valence-electron chi connectivity index (χ3n) is 3.54. The van der Waals surface area contributed by atoms with Gasteiger partial charge < -0.3 is 14.9 Å². The molecule has 2 unspecified atom stereocenters. The molecule has 94 valence electrons. The van der Waals surface area contributed by atoms with E-state index in [1.807, 2.05) is 6.92 Å². The molecule has 4 heteroatoms. The summed E-state index contributed by atoms with van der Waals surface area (Å²) in [5.74, 6) is 0.303. The van der Waals surface area contributed by atoms with E-state index in [0.717, 1.165) is 19.5 Å². The number of phenols is 2. The fourth-order valence-corrected chi connectivity index (χ4v) is 2.45. The minimum Gasteiger partial charge on any atom is -0.507 e. The second-order valence-electron chi connectivity index (χ2n) is 4.53. The van der Waals surface area contributed by atoms with Crippen LogP contribution in [0.4, 0.5) is 0 Å². The first-order chi connectivity index (χ1) is 8.13. The van der Waals surface area contributed by atoms with Gasteiger partial charge in [-0.2, -0.15) is 0 Å². The van der Waals surface area contributed by atoms with Crippen LogP contribution in [-0.2, 0) is 4.74 Å². The topological polar surface area (TPSA) is 52.9 Å². The number of methoxy groups -OCH3 is 1. The summed E-state index contributed by atoms with van der Waals surface area (Å²) in [4.78, 5) is 2.21. The molecule has 1 saturated heterocycles. The van der Waals surface area contributed by atoms with Crippen molar-refractivity contribution in [1.29, 1.82) is 0 Å². The van der Waals surface area contributed by atoms with Crippen LogP contribution < -0.4 is 0 Å². The highest BCUT2D eigenvalue weighted by molar-refractivity contribution is 5.45. The predicted molar refractivity (Wildman–Crippen MR) is 65.2 cm³/mol. The molecule has 0 spiro atoms. The maximum absolute atomic E-state index is 9.83. The largest absolute Gasteiger partial charge is 0.507 e. The van der Waals surface area contributed by atoms with E-state index in [9.17, 15) is 10.2 Å². The van der Waals surface area contributed by atoms with Crippen LogP contribution in [0.1, 0.15) is 24.9 Å². The number of ether oxygens (including phenoxy) is 1. The summed E-state index contributed by atoms with van der Waals surface area (Å²) in [6.07, 6.45) is 1.25. The number of rotatable bonds is 3. The first-order valence-electron chi connectivity index (χ1n) is 5.91. The van der Waals surface area contributed by atoms with Crippen molar-refractivity contribution in [2.75, 3.05) is 20.2 Å². The molecule has 1 heterocycles. The summed E-state index contributed by atoms with van der Waals surface area (Å²) in [6.45, 7) is 3.76. The lowest BCUT2D eigenvalue weighted by Gasteiger charge is -2.25. The van der Waals surface area contributed by atoms with Gasteiger partial charge in [-0.3, -0.25) is 4.90 Å². The molecule has 0 aliphatic carbocycles. The molecule has 2 N–H and O–H groups in total. The number of aromatic hydroxyl groups is 2. The van der Waals surface area contributed by atoms with Crippen LogP contribution in [0.2, 0.25) is 0 Å². The highest BCUT2D eigenvalue weighted by Crippen LogP contribution is 2.36. The molecule has 4 nitrogen and oxygen atoms in total. The zero-order valence-corrected chi connectivity index (χ0v) is 10.3. The molecule has 0 saturated carbocycles. The summed E-state index contributed by atoms with van der Waals surface area (Å²) in [5, 5.41) is 19.7. The molecule has 1 fully saturated rings. The van der Waals surface area contributed by atoms with Crippen LogP contribution in [0.25, 0.3) is 0 Å². The smallest absolute Gasteiger partial charge is 0.124 e. The summed E-state index contributed by atoms with van der Waals surface area (Å²) in [7, 11) is 1.72. The van der Waals surface area contributed by atoms with Crippen molar-refractivity contribution in [3.63, 3.8) is 0 Å². The summed E-state index contributed by atoms with van der Waals surface area (Å²) >= 11 is 0. The minimum absolute atomic E-state index is 0.00338. The number of phenolic OH excluding ortho intramolecular Hbond substituents is 2. The average Bonchev–Trinajstić information content (AvgIpc) is 2.77. The lowest BCUT2D eigenvalue weighted by atomic mass is 10.0. The quantitative estimate of drug-likeness (QED) is 0.842. The molecule has 0 bridgehead atoms. The first-order valence-corrected chi connectivity index (χ1v) is 5.91. The monoisotopic (exact) mass is 237 g/mol. The van der Waals surface area contributed by atoms with Crippen LogP contribution in [0, 0.1) is 0 Å². The SMILES string of the molecule is COC1CCN(C(C)c2c(O)cccc2O)C1. The minimum atomic E-state index is -0.00338. The number of likely N-dealkylation sites (tertiary alicyclic amines) is 1. The van der Waals surface area contributed by atoms with Gasteiger partial charge in [0.1, 0.15) is 11.5 Å². The molecule has 17 heavy (non-hydrogen) atoms. The van der Waals surface area contributed by atoms with E-state index in [0.29, 0.717) is 5.56 Å². The normalized spacial score (nSPS) is 22.8. The van der Waals surface area contributed by atoms with Gasteiger partial charge in [-0.25, -0.2) is 0 Å². The molecule has 1 aromatic carbocycles. The van der Waals surface area contributed by atoms with Gasteiger partial charge in [0.15, 0.2) is 0 Å². The average molecular weight is 237 g/mol. The third kappa shape index (κ3) is 2.37. The maximum atomic E-state index is 9.83. The molecular weight excluding hydrogens is 218 g/mol. The summed E-state index contributed by atoms with van der Waals surface area (Å²) < 4.78 is 5.32. The van der Waals surface area contributed by atoms with E-state index in [2.05, 4.69) is 4.90 Å². The number of nitrogens with zero attached hydrogens (tertiary/aromatic N) is 1. The van der Waals surface area contributed by atoms with Crippen molar-refractivity contribution in [1.82, 2.24) is 4.90 Å². The van der Waals surface area contributed by atoms with Gasteiger partial charge in [-0.05, 0) is 25.5 Å². The van der Waals surface area contributed by atoms with Crippen molar-refractivity contribution >= 4 is 0 Å². The predicted octanol–water partition coefficient (Wildman–Crippen LogP) is 1.88. The Balaban J connectivity index is 2.17. The second-order valence-corrected chi connectivity index (χ2v) is 4.53. The molecule has 0 aromatic heterocycles. The molecular formula is C13H19NO3. The molecule has 2 rings (SSSR count). The van der Waals surface area contributed by atoms with Crippen molar-refractivity contribution < 1.29 is 14.9 Å². The fourth-order valence-electron chi connectivity index (χ4n) is 2.45. The van der Waals surface area contributed by atoms with Crippen molar-refractivity contribution in [3.05, 3.63) is 23.8 Å². The van der Waals surface area contributed by atoms with E-state index in [1.54, 1.807) is 25.3 Å². The Morgan fingerprint density at radius 3 is 2.53 bits per heavy atom. The van der Waals surface area contributed by atoms with Crippen molar-refractivity contribution in [2.45, 2.75) is 25.5 Å². The number of hydrogen-bond acceptors (Lipinski definition) is 4. The summed E-state index contributed by atoms with van der Waals surface area (Å²) in [5.41, 5.74) is 0.601. The van der Waals surface area contributed by atoms with Crippen LogP contribution in [0.15, 0.2) is 18.2 Å². The first kappa shape index (κ1) is 12.2. The zero-order valence-electron chi connectivity index (χ0n) is 10.3. The van der Waals surface area contributed by atoms with E-state index in [4.69, 9.17) is 4.74 Å². The fraction of sp³-hybridized carbons (Fsp3) is 0.538. The Hall–Kier alpha value is -1.26.